The van der Waals surface area contributed by atoms with E-state index in [1.54, 1.807) is 18.3 Å². The van der Waals surface area contributed by atoms with Crippen molar-refractivity contribution >= 4 is 11.6 Å². The van der Waals surface area contributed by atoms with Crippen molar-refractivity contribution in [2.24, 2.45) is 0 Å². The maximum absolute atomic E-state index is 10.2. The van der Waals surface area contributed by atoms with Gasteiger partial charge in [-0.2, -0.15) is 0 Å². The molecule has 1 N–H and O–H groups in total. The Labute approximate surface area is 143 Å². The van der Waals surface area contributed by atoms with Crippen molar-refractivity contribution in [1.82, 2.24) is 25.2 Å². The number of benzene rings is 1. The van der Waals surface area contributed by atoms with Gasteiger partial charge in [0, 0.05) is 6.20 Å². The molecule has 0 spiro atoms. The highest BCUT2D eigenvalue weighted by Gasteiger charge is 2.15. The minimum Gasteiger partial charge on any atom is -0.489 e. The van der Waals surface area contributed by atoms with Gasteiger partial charge in [-0.15, -0.1) is 5.10 Å². The Hall–Kier alpha value is -2.51. The second-order valence-electron chi connectivity index (χ2n) is 5.30. The molecular formula is C16H16ClN5O2. The number of ether oxygens (including phenoxy) is 1. The molecule has 2 heterocycles. The van der Waals surface area contributed by atoms with Crippen LogP contribution in [-0.4, -0.2) is 43.0 Å². The molecule has 0 amide bonds. The molecule has 0 radical (unpaired) electrons. The van der Waals surface area contributed by atoms with E-state index in [0.29, 0.717) is 22.3 Å². The molecular weight excluding hydrogens is 330 g/mol. The van der Waals surface area contributed by atoms with E-state index in [-0.39, 0.29) is 13.2 Å². The molecule has 1 atom stereocenters. The summed E-state index contributed by atoms with van der Waals surface area (Å²) < 4.78 is 7.09. The Balaban J connectivity index is 1.65. The third-order valence-corrected chi connectivity index (χ3v) is 3.64. The highest BCUT2D eigenvalue weighted by molar-refractivity contribution is 6.32. The summed E-state index contributed by atoms with van der Waals surface area (Å²) in [6.45, 7) is 2.20. The number of aliphatic hydroxyl groups is 1. The summed E-state index contributed by atoms with van der Waals surface area (Å²) in [5, 5.41) is 22.2. The normalized spacial score (nSPS) is 12.1. The SMILES string of the molecule is Cc1ccc(Cl)c(OCC(O)Cn2nnnc2-c2ccccn2)c1. The minimum atomic E-state index is -0.799. The molecule has 24 heavy (non-hydrogen) atoms. The highest BCUT2D eigenvalue weighted by atomic mass is 35.5. The molecule has 3 rings (SSSR count). The molecule has 0 aliphatic heterocycles. The van der Waals surface area contributed by atoms with Gasteiger partial charge in [-0.25, -0.2) is 4.68 Å². The van der Waals surface area contributed by atoms with Crippen LogP contribution >= 0.6 is 11.6 Å². The van der Waals surface area contributed by atoms with Crippen LogP contribution in [0.4, 0.5) is 0 Å². The van der Waals surface area contributed by atoms with Gasteiger partial charge in [0.25, 0.3) is 0 Å². The van der Waals surface area contributed by atoms with Crippen LogP contribution in [0.1, 0.15) is 5.56 Å². The molecule has 1 aromatic carbocycles. The fourth-order valence-corrected chi connectivity index (χ4v) is 2.34. The first-order chi connectivity index (χ1) is 11.6. The molecule has 2 aromatic heterocycles. The Bertz CT molecular complexity index is 809. The number of rotatable bonds is 6. The topological polar surface area (TPSA) is 86.0 Å². The number of aryl methyl sites for hydroxylation is 1. The fraction of sp³-hybridized carbons (Fsp3) is 0.250. The van der Waals surface area contributed by atoms with E-state index >= 15 is 0 Å². The molecule has 1 unspecified atom stereocenters. The molecule has 0 saturated carbocycles. The summed E-state index contributed by atoms with van der Waals surface area (Å²) in [6.07, 6.45) is 0.862. The third-order valence-electron chi connectivity index (χ3n) is 3.33. The van der Waals surface area contributed by atoms with E-state index in [2.05, 4.69) is 20.5 Å². The lowest BCUT2D eigenvalue weighted by Gasteiger charge is -2.14. The van der Waals surface area contributed by atoms with Gasteiger partial charge in [0.2, 0.25) is 5.82 Å². The Morgan fingerprint density at radius 1 is 1.29 bits per heavy atom. The first-order valence-corrected chi connectivity index (χ1v) is 7.76. The zero-order valence-electron chi connectivity index (χ0n) is 13.0. The zero-order chi connectivity index (χ0) is 16.9. The second-order valence-corrected chi connectivity index (χ2v) is 5.71. The molecule has 0 saturated heterocycles. The van der Waals surface area contributed by atoms with Gasteiger partial charge >= 0.3 is 0 Å². The summed E-state index contributed by atoms with van der Waals surface area (Å²) >= 11 is 6.08. The average molecular weight is 346 g/mol. The van der Waals surface area contributed by atoms with E-state index < -0.39 is 6.10 Å². The quantitative estimate of drug-likeness (QED) is 0.736. The van der Waals surface area contributed by atoms with E-state index in [4.69, 9.17) is 16.3 Å². The van der Waals surface area contributed by atoms with E-state index in [1.807, 2.05) is 31.2 Å². The van der Waals surface area contributed by atoms with Crippen molar-refractivity contribution in [1.29, 1.82) is 0 Å². The molecule has 0 bridgehead atoms. The average Bonchev–Trinajstić information content (AvgIpc) is 3.04. The lowest BCUT2D eigenvalue weighted by atomic mass is 10.2. The maximum Gasteiger partial charge on any atom is 0.200 e. The molecule has 8 heteroatoms. The Morgan fingerprint density at radius 2 is 2.17 bits per heavy atom. The largest absolute Gasteiger partial charge is 0.489 e. The van der Waals surface area contributed by atoms with Gasteiger partial charge in [0.15, 0.2) is 0 Å². The number of pyridine rings is 1. The third kappa shape index (κ3) is 3.87. The van der Waals surface area contributed by atoms with Crippen LogP contribution in [0.25, 0.3) is 11.5 Å². The van der Waals surface area contributed by atoms with Crippen LogP contribution in [0, 0.1) is 6.92 Å². The lowest BCUT2D eigenvalue weighted by molar-refractivity contribution is 0.0892. The van der Waals surface area contributed by atoms with Crippen molar-refractivity contribution in [3.63, 3.8) is 0 Å². The summed E-state index contributed by atoms with van der Waals surface area (Å²) in [5.41, 5.74) is 1.67. The van der Waals surface area contributed by atoms with Gasteiger partial charge in [-0.1, -0.05) is 23.7 Å². The number of hydrogen-bond acceptors (Lipinski definition) is 6. The van der Waals surface area contributed by atoms with Crippen molar-refractivity contribution in [3.8, 4) is 17.3 Å². The van der Waals surface area contributed by atoms with Crippen molar-refractivity contribution in [2.75, 3.05) is 6.61 Å². The standard InChI is InChI=1S/C16H16ClN5O2/c1-11-5-6-13(17)15(8-11)24-10-12(23)9-22-16(19-20-21-22)14-4-2-3-7-18-14/h2-8,12,23H,9-10H2,1H3. The summed E-state index contributed by atoms with van der Waals surface area (Å²) in [7, 11) is 0. The molecule has 0 aliphatic carbocycles. The Morgan fingerprint density at radius 3 is 2.96 bits per heavy atom. The van der Waals surface area contributed by atoms with Crippen LogP contribution in [0.5, 0.6) is 5.75 Å². The van der Waals surface area contributed by atoms with Crippen molar-refractivity contribution < 1.29 is 9.84 Å². The predicted octanol–water partition coefficient (Wildman–Crippen LogP) is 2.14. The molecule has 124 valence electrons. The first-order valence-electron chi connectivity index (χ1n) is 7.38. The predicted molar refractivity (Wildman–Crippen MR) is 88.7 cm³/mol. The monoisotopic (exact) mass is 345 g/mol. The van der Waals surface area contributed by atoms with Crippen LogP contribution in [0.3, 0.4) is 0 Å². The molecule has 0 fully saturated rings. The van der Waals surface area contributed by atoms with Crippen LogP contribution in [-0.2, 0) is 6.54 Å². The molecule has 3 aromatic rings. The van der Waals surface area contributed by atoms with Crippen LogP contribution < -0.4 is 4.74 Å². The highest BCUT2D eigenvalue weighted by Crippen LogP contribution is 2.25. The van der Waals surface area contributed by atoms with Gasteiger partial charge in [0.1, 0.15) is 24.2 Å². The van der Waals surface area contributed by atoms with E-state index in [1.165, 1.54) is 4.68 Å². The number of halogens is 1. The second kappa shape index (κ2) is 7.37. The first kappa shape index (κ1) is 16.4. The minimum absolute atomic E-state index is 0.0741. The van der Waals surface area contributed by atoms with Crippen LogP contribution in [0.2, 0.25) is 5.02 Å². The fourth-order valence-electron chi connectivity index (χ4n) is 2.17. The van der Waals surface area contributed by atoms with Crippen LogP contribution in [0.15, 0.2) is 42.6 Å². The number of hydrogen-bond donors (Lipinski definition) is 1. The Kier molecular flexibility index (Phi) is 5.02. The van der Waals surface area contributed by atoms with Gasteiger partial charge in [0.05, 0.1) is 11.6 Å². The van der Waals surface area contributed by atoms with E-state index in [0.717, 1.165) is 5.56 Å². The van der Waals surface area contributed by atoms with Gasteiger partial charge in [-0.3, -0.25) is 4.98 Å². The molecule has 0 aliphatic rings. The van der Waals surface area contributed by atoms with Gasteiger partial charge < -0.3 is 9.84 Å². The summed E-state index contributed by atoms with van der Waals surface area (Å²) in [5.74, 6) is 1.03. The smallest absolute Gasteiger partial charge is 0.200 e. The zero-order valence-corrected chi connectivity index (χ0v) is 13.8. The number of aliphatic hydroxyl groups excluding tert-OH is 1. The number of aromatic nitrogens is 5. The molecule has 7 nitrogen and oxygen atoms in total. The maximum atomic E-state index is 10.2. The van der Waals surface area contributed by atoms with Crippen molar-refractivity contribution in [3.05, 3.63) is 53.2 Å². The summed E-state index contributed by atoms with van der Waals surface area (Å²) in [6, 6.07) is 10.9. The van der Waals surface area contributed by atoms with Crippen molar-refractivity contribution in [2.45, 2.75) is 19.6 Å². The van der Waals surface area contributed by atoms with Gasteiger partial charge in [-0.05, 0) is 47.2 Å². The number of nitrogens with zero attached hydrogens (tertiary/aromatic N) is 5. The summed E-state index contributed by atoms with van der Waals surface area (Å²) in [4.78, 5) is 4.21. The van der Waals surface area contributed by atoms with E-state index in [9.17, 15) is 5.11 Å². The number of tetrazole rings is 1. The lowest BCUT2D eigenvalue weighted by Crippen LogP contribution is -2.25.